The quantitative estimate of drug-likeness (QED) is 0.603. The molecular weight excluding hydrogens is 417 g/mol. The summed E-state index contributed by atoms with van der Waals surface area (Å²) in [6, 6.07) is 13.5. The summed E-state index contributed by atoms with van der Waals surface area (Å²) in [5.41, 5.74) is 9.08. The molecule has 0 radical (unpaired) electrons. The molecule has 0 spiro atoms. The van der Waals surface area contributed by atoms with Gasteiger partial charge in [-0.2, -0.15) is 5.10 Å². The van der Waals surface area contributed by atoms with Crippen molar-refractivity contribution < 1.29 is 0 Å². The lowest BCUT2D eigenvalue weighted by atomic mass is 10.1. The van der Waals surface area contributed by atoms with Crippen LogP contribution in [-0.2, 0) is 0 Å². The standard InChI is InChI=1S/C15H10Br2ClN3/c16-9-2-1-3-11(6-9)21-8-14(19)15(20-21)12-5-4-10(17)7-13(12)18/h1-8H,19H2. The smallest absolute Gasteiger partial charge is 0.117 e. The van der Waals surface area contributed by atoms with Gasteiger partial charge in [0.2, 0.25) is 0 Å². The largest absolute Gasteiger partial charge is 0.396 e. The van der Waals surface area contributed by atoms with Crippen molar-refractivity contribution in [3.8, 4) is 16.9 Å². The van der Waals surface area contributed by atoms with Crippen molar-refractivity contribution in [3.63, 3.8) is 0 Å². The van der Waals surface area contributed by atoms with Crippen LogP contribution in [0.15, 0.2) is 57.6 Å². The van der Waals surface area contributed by atoms with Gasteiger partial charge >= 0.3 is 0 Å². The lowest BCUT2D eigenvalue weighted by molar-refractivity contribution is 0.884. The highest BCUT2D eigenvalue weighted by Crippen LogP contribution is 2.33. The Morgan fingerprint density at radius 1 is 1.05 bits per heavy atom. The number of nitrogens with zero attached hydrogens (tertiary/aromatic N) is 2. The summed E-state index contributed by atoms with van der Waals surface area (Å²) in [7, 11) is 0. The van der Waals surface area contributed by atoms with Crippen LogP contribution in [0.3, 0.4) is 0 Å². The van der Waals surface area contributed by atoms with Crippen LogP contribution in [0.5, 0.6) is 0 Å². The third-order valence-electron chi connectivity index (χ3n) is 3.00. The van der Waals surface area contributed by atoms with Crippen LogP contribution in [0, 0.1) is 0 Å². The van der Waals surface area contributed by atoms with Gasteiger partial charge in [0.25, 0.3) is 0 Å². The van der Waals surface area contributed by atoms with Gasteiger partial charge in [-0.05, 0) is 30.3 Å². The number of hydrogen-bond donors (Lipinski definition) is 1. The molecule has 0 aliphatic rings. The van der Waals surface area contributed by atoms with E-state index in [1.54, 1.807) is 10.9 Å². The van der Waals surface area contributed by atoms with Gasteiger partial charge in [-0.1, -0.05) is 55.6 Å². The van der Waals surface area contributed by atoms with Gasteiger partial charge in [0.15, 0.2) is 0 Å². The van der Waals surface area contributed by atoms with Crippen molar-refractivity contribution in [2.24, 2.45) is 0 Å². The number of hydrogen-bond acceptors (Lipinski definition) is 2. The van der Waals surface area contributed by atoms with Gasteiger partial charge in [0, 0.05) is 14.5 Å². The predicted molar refractivity (Wildman–Crippen MR) is 93.8 cm³/mol. The second-order valence-electron chi connectivity index (χ2n) is 4.48. The molecule has 21 heavy (non-hydrogen) atoms. The van der Waals surface area contributed by atoms with E-state index in [9.17, 15) is 0 Å². The molecule has 0 aliphatic heterocycles. The highest BCUT2D eigenvalue weighted by molar-refractivity contribution is 9.10. The summed E-state index contributed by atoms with van der Waals surface area (Å²) in [5, 5.41) is 5.16. The van der Waals surface area contributed by atoms with E-state index >= 15 is 0 Å². The molecule has 3 rings (SSSR count). The highest BCUT2D eigenvalue weighted by Gasteiger charge is 2.13. The van der Waals surface area contributed by atoms with E-state index in [1.807, 2.05) is 42.5 Å². The molecule has 0 amide bonds. The van der Waals surface area contributed by atoms with E-state index in [4.69, 9.17) is 17.3 Å². The van der Waals surface area contributed by atoms with Crippen LogP contribution in [0.2, 0.25) is 5.02 Å². The summed E-state index contributed by atoms with van der Waals surface area (Å²) in [6.07, 6.45) is 1.79. The SMILES string of the molecule is Nc1cn(-c2cccc(Br)c2)nc1-c1ccc(Br)cc1Cl. The monoisotopic (exact) mass is 425 g/mol. The molecule has 106 valence electrons. The lowest BCUT2D eigenvalue weighted by Gasteiger charge is -2.03. The molecule has 2 aromatic carbocycles. The Balaban J connectivity index is 2.10. The average Bonchev–Trinajstić information content (AvgIpc) is 2.81. The molecule has 2 N–H and O–H groups in total. The topological polar surface area (TPSA) is 43.8 Å². The molecule has 3 aromatic rings. The van der Waals surface area contributed by atoms with Crippen LogP contribution in [0.4, 0.5) is 5.69 Å². The third-order valence-corrected chi connectivity index (χ3v) is 4.30. The highest BCUT2D eigenvalue weighted by atomic mass is 79.9. The van der Waals surface area contributed by atoms with Gasteiger partial charge in [-0.25, -0.2) is 4.68 Å². The molecule has 6 heteroatoms. The molecule has 0 saturated heterocycles. The van der Waals surface area contributed by atoms with Gasteiger partial charge < -0.3 is 5.73 Å². The summed E-state index contributed by atoms with van der Waals surface area (Å²) in [4.78, 5) is 0. The molecule has 0 bridgehead atoms. The van der Waals surface area contributed by atoms with E-state index in [-0.39, 0.29) is 0 Å². The number of rotatable bonds is 2. The van der Waals surface area contributed by atoms with Gasteiger partial charge in [-0.3, -0.25) is 0 Å². The molecule has 0 unspecified atom stereocenters. The van der Waals surface area contributed by atoms with Crippen LogP contribution >= 0.6 is 43.5 Å². The Morgan fingerprint density at radius 2 is 1.81 bits per heavy atom. The second-order valence-corrected chi connectivity index (χ2v) is 6.72. The molecule has 0 saturated carbocycles. The maximum atomic E-state index is 6.27. The maximum Gasteiger partial charge on any atom is 0.117 e. The van der Waals surface area contributed by atoms with E-state index in [2.05, 4.69) is 37.0 Å². The second kappa shape index (κ2) is 5.83. The number of nitrogens with two attached hydrogens (primary N) is 1. The molecule has 0 aliphatic carbocycles. The van der Waals surface area contributed by atoms with Crippen molar-refractivity contribution in [2.45, 2.75) is 0 Å². The van der Waals surface area contributed by atoms with Crippen LogP contribution < -0.4 is 5.73 Å². The first kappa shape index (κ1) is 14.6. The Kier molecular flexibility index (Phi) is 4.06. The number of nitrogen functional groups attached to an aromatic ring is 1. The number of benzene rings is 2. The normalized spacial score (nSPS) is 10.8. The first-order valence-electron chi connectivity index (χ1n) is 6.11. The van der Waals surface area contributed by atoms with Gasteiger partial charge in [0.05, 0.1) is 22.6 Å². The Bertz CT molecular complexity index is 814. The summed E-state index contributed by atoms with van der Waals surface area (Å²) >= 11 is 13.1. The molecule has 0 atom stereocenters. The van der Waals surface area contributed by atoms with Crippen molar-refractivity contribution in [1.82, 2.24) is 9.78 Å². The Morgan fingerprint density at radius 3 is 2.52 bits per heavy atom. The zero-order valence-electron chi connectivity index (χ0n) is 10.7. The van der Waals surface area contributed by atoms with Crippen LogP contribution in [0.25, 0.3) is 16.9 Å². The van der Waals surface area contributed by atoms with Crippen LogP contribution in [-0.4, -0.2) is 9.78 Å². The minimum absolute atomic E-state index is 0.583. The maximum absolute atomic E-state index is 6.27. The molecular formula is C15H10Br2ClN3. The fraction of sp³-hybridized carbons (Fsp3) is 0. The molecule has 3 nitrogen and oxygen atoms in total. The Hall–Kier alpha value is -1.30. The van der Waals surface area contributed by atoms with Gasteiger partial charge in [0.1, 0.15) is 5.69 Å². The fourth-order valence-corrected chi connectivity index (χ4v) is 3.18. The predicted octanol–water partition coefficient (Wildman–Crippen LogP) is 5.30. The third kappa shape index (κ3) is 3.00. The van der Waals surface area contributed by atoms with E-state index in [0.717, 1.165) is 20.2 Å². The van der Waals surface area contributed by atoms with E-state index < -0.39 is 0 Å². The summed E-state index contributed by atoms with van der Waals surface area (Å²) < 4.78 is 3.65. The Labute approximate surface area is 144 Å². The van der Waals surface area contributed by atoms with Crippen molar-refractivity contribution in [2.75, 3.05) is 5.73 Å². The zero-order valence-corrected chi connectivity index (χ0v) is 14.7. The van der Waals surface area contributed by atoms with E-state index in [0.29, 0.717) is 16.4 Å². The fourth-order valence-electron chi connectivity index (χ4n) is 2.03. The summed E-state index contributed by atoms with van der Waals surface area (Å²) in [5.74, 6) is 0. The average molecular weight is 428 g/mol. The molecule has 1 aromatic heterocycles. The van der Waals surface area contributed by atoms with Crippen molar-refractivity contribution >= 4 is 49.1 Å². The lowest BCUT2D eigenvalue weighted by Crippen LogP contribution is -1.94. The van der Waals surface area contributed by atoms with Crippen molar-refractivity contribution in [1.29, 1.82) is 0 Å². The summed E-state index contributed by atoms with van der Waals surface area (Å²) in [6.45, 7) is 0. The van der Waals surface area contributed by atoms with Crippen LogP contribution in [0.1, 0.15) is 0 Å². The first-order valence-corrected chi connectivity index (χ1v) is 8.07. The number of anilines is 1. The zero-order chi connectivity index (χ0) is 15.0. The van der Waals surface area contributed by atoms with E-state index in [1.165, 1.54) is 0 Å². The number of aromatic nitrogens is 2. The minimum Gasteiger partial charge on any atom is -0.396 e. The molecule has 1 heterocycles. The molecule has 0 fully saturated rings. The first-order chi connectivity index (χ1) is 10.0. The van der Waals surface area contributed by atoms with Gasteiger partial charge in [-0.15, -0.1) is 0 Å². The van der Waals surface area contributed by atoms with Crippen molar-refractivity contribution in [3.05, 3.63) is 62.6 Å². The number of halogens is 3. The minimum atomic E-state index is 0.583.